The Hall–Kier alpha value is -0.860. The highest BCUT2D eigenvalue weighted by Crippen LogP contribution is 2.15. The van der Waals surface area contributed by atoms with Crippen molar-refractivity contribution >= 4 is 0 Å². The minimum absolute atomic E-state index is 0.371. The molecule has 0 saturated heterocycles. The lowest BCUT2D eigenvalue weighted by molar-refractivity contribution is 0.369. The molecule has 0 saturated carbocycles. The van der Waals surface area contributed by atoms with Gasteiger partial charge in [-0.3, -0.25) is 11.3 Å². The molecule has 1 aromatic rings. The van der Waals surface area contributed by atoms with Gasteiger partial charge in [0.15, 0.2) is 0 Å². The van der Waals surface area contributed by atoms with Crippen LogP contribution in [-0.2, 0) is 6.42 Å². The number of rotatable bonds is 5. The molecule has 0 aromatic heterocycles. The SMILES string of the molecule is CCC(C)C(Cc1ccccc1C)NN. The quantitative estimate of drug-likeness (QED) is 0.573. The van der Waals surface area contributed by atoms with E-state index >= 15 is 0 Å². The number of aryl methyl sites for hydroxylation is 1. The Morgan fingerprint density at radius 2 is 2.00 bits per heavy atom. The molecule has 0 spiro atoms. The smallest absolute Gasteiger partial charge is 0.0276 e. The maximum absolute atomic E-state index is 5.60. The van der Waals surface area contributed by atoms with Crippen LogP contribution in [0.2, 0.25) is 0 Å². The minimum atomic E-state index is 0.371. The van der Waals surface area contributed by atoms with Gasteiger partial charge in [0.05, 0.1) is 0 Å². The molecule has 2 heteroatoms. The fourth-order valence-corrected chi connectivity index (χ4v) is 1.78. The highest BCUT2D eigenvalue weighted by atomic mass is 15.2. The van der Waals surface area contributed by atoms with Crippen molar-refractivity contribution in [1.29, 1.82) is 0 Å². The van der Waals surface area contributed by atoms with Gasteiger partial charge in [-0.1, -0.05) is 44.5 Å². The lowest BCUT2D eigenvalue weighted by Gasteiger charge is -2.22. The number of nitrogens with one attached hydrogen (secondary N) is 1. The predicted molar refractivity (Wildman–Crippen MR) is 65.4 cm³/mol. The van der Waals surface area contributed by atoms with Crippen molar-refractivity contribution in [2.75, 3.05) is 0 Å². The van der Waals surface area contributed by atoms with Crippen molar-refractivity contribution in [2.24, 2.45) is 11.8 Å². The summed E-state index contributed by atoms with van der Waals surface area (Å²) in [5.74, 6) is 6.20. The second kappa shape index (κ2) is 5.89. The average Bonchev–Trinajstić information content (AvgIpc) is 2.27. The van der Waals surface area contributed by atoms with Gasteiger partial charge >= 0.3 is 0 Å². The molecule has 0 bridgehead atoms. The van der Waals surface area contributed by atoms with E-state index in [1.54, 1.807) is 0 Å². The Kier molecular flexibility index (Phi) is 4.79. The van der Waals surface area contributed by atoms with Crippen LogP contribution in [0.1, 0.15) is 31.4 Å². The summed E-state index contributed by atoms with van der Waals surface area (Å²) >= 11 is 0. The van der Waals surface area contributed by atoms with Gasteiger partial charge in [0.25, 0.3) is 0 Å². The summed E-state index contributed by atoms with van der Waals surface area (Å²) in [6.45, 7) is 6.59. The Morgan fingerprint density at radius 1 is 1.33 bits per heavy atom. The third-order valence-corrected chi connectivity index (χ3v) is 3.25. The van der Waals surface area contributed by atoms with Crippen molar-refractivity contribution in [3.63, 3.8) is 0 Å². The van der Waals surface area contributed by atoms with Crippen LogP contribution in [0.4, 0.5) is 0 Å². The van der Waals surface area contributed by atoms with E-state index < -0.39 is 0 Å². The highest BCUT2D eigenvalue weighted by Gasteiger charge is 2.15. The summed E-state index contributed by atoms with van der Waals surface area (Å²) in [5, 5.41) is 0. The molecule has 0 heterocycles. The van der Waals surface area contributed by atoms with Crippen molar-refractivity contribution in [2.45, 2.75) is 39.7 Å². The second-order valence-corrected chi connectivity index (χ2v) is 4.29. The predicted octanol–water partition coefficient (Wildman–Crippen LogP) is 2.42. The first-order chi connectivity index (χ1) is 7.19. The molecule has 2 nitrogen and oxygen atoms in total. The molecule has 0 aliphatic rings. The Labute approximate surface area is 92.8 Å². The van der Waals surface area contributed by atoms with Crippen molar-refractivity contribution in [3.05, 3.63) is 35.4 Å². The molecule has 2 unspecified atom stereocenters. The fraction of sp³-hybridized carbons (Fsp3) is 0.538. The maximum Gasteiger partial charge on any atom is 0.0276 e. The lowest BCUT2D eigenvalue weighted by Crippen LogP contribution is -2.41. The fourth-order valence-electron chi connectivity index (χ4n) is 1.78. The molecular weight excluding hydrogens is 184 g/mol. The summed E-state index contributed by atoms with van der Waals surface area (Å²) in [7, 11) is 0. The monoisotopic (exact) mass is 206 g/mol. The third-order valence-electron chi connectivity index (χ3n) is 3.25. The molecule has 3 N–H and O–H groups in total. The molecule has 84 valence electrons. The van der Waals surface area contributed by atoms with Gasteiger partial charge < -0.3 is 0 Å². The number of benzene rings is 1. The van der Waals surface area contributed by atoms with Gasteiger partial charge in [-0.2, -0.15) is 0 Å². The van der Waals surface area contributed by atoms with E-state index in [9.17, 15) is 0 Å². The summed E-state index contributed by atoms with van der Waals surface area (Å²) in [6.07, 6.45) is 2.17. The maximum atomic E-state index is 5.60. The van der Waals surface area contributed by atoms with Gasteiger partial charge in [-0.05, 0) is 30.4 Å². The van der Waals surface area contributed by atoms with Gasteiger partial charge in [-0.15, -0.1) is 0 Å². The van der Waals surface area contributed by atoms with Crippen LogP contribution in [-0.4, -0.2) is 6.04 Å². The van der Waals surface area contributed by atoms with E-state index in [0.717, 1.165) is 12.8 Å². The van der Waals surface area contributed by atoms with Crippen molar-refractivity contribution in [1.82, 2.24) is 5.43 Å². The van der Waals surface area contributed by atoms with Crippen LogP contribution >= 0.6 is 0 Å². The minimum Gasteiger partial charge on any atom is -0.271 e. The second-order valence-electron chi connectivity index (χ2n) is 4.29. The molecule has 0 aliphatic carbocycles. The zero-order valence-corrected chi connectivity index (χ0v) is 9.96. The van der Waals surface area contributed by atoms with E-state index in [4.69, 9.17) is 5.84 Å². The molecule has 0 fully saturated rings. The zero-order chi connectivity index (χ0) is 11.3. The van der Waals surface area contributed by atoms with Gasteiger partial charge in [0.2, 0.25) is 0 Å². The van der Waals surface area contributed by atoms with Crippen LogP contribution in [0.15, 0.2) is 24.3 Å². The van der Waals surface area contributed by atoms with E-state index in [-0.39, 0.29) is 0 Å². The number of hydrogen-bond acceptors (Lipinski definition) is 2. The van der Waals surface area contributed by atoms with E-state index in [1.807, 2.05) is 0 Å². The number of hydrazine groups is 1. The van der Waals surface area contributed by atoms with E-state index in [0.29, 0.717) is 12.0 Å². The first-order valence-corrected chi connectivity index (χ1v) is 5.69. The van der Waals surface area contributed by atoms with Crippen molar-refractivity contribution in [3.8, 4) is 0 Å². The zero-order valence-electron chi connectivity index (χ0n) is 9.96. The summed E-state index contributed by atoms with van der Waals surface area (Å²) in [6, 6.07) is 8.87. The summed E-state index contributed by atoms with van der Waals surface area (Å²) in [5.41, 5.74) is 5.67. The topological polar surface area (TPSA) is 38.0 Å². The van der Waals surface area contributed by atoms with Gasteiger partial charge in [0, 0.05) is 6.04 Å². The molecule has 2 atom stereocenters. The standard InChI is InChI=1S/C13H22N2/c1-4-10(2)13(15-14)9-12-8-6-5-7-11(12)3/h5-8,10,13,15H,4,9,14H2,1-3H3. The number of hydrogen-bond donors (Lipinski definition) is 2. The average molecular weight is 206 g/mol. The van der Waals surface area contributed by atoms with Crippen LogP contribution < -0.4 is 11.3 Å². The third kappa shape index (κ3) is 3.33. The van der Waals surface area contributed by atoms with E-state index in [2.05, 4.69) is 50.5 Å². The summed E-state index contributed by atoms with van der Waals surface area (Å²) < 4.78 is 0. The van der Waals surface area contributed by atoms with Crippen LogP contribution in [0.5, 0.6) is 0 Å². The van der Waals surface area contributed by atoms with Gasteiger partial charge in [0.1, 0.15) is 0 Å². The van der Waals surface area contributed by atoms with Crippen molar-refractivity contribution < 1.29 is 0 Å². The Bertz CT molecular complexity index is 296. The first kappa shape index (κ1) is 12.2. The molecule has 1 aromatic carbocycles. The number of nitrogens with two attached hydrogens (primary N) is 1. The molecule has 0 aliphatic heterocycles. The van der Waals surface area contributed by atoms with Crippen LogP contribution in [0.25, 0.3) is 0 Å². The molecule has 0 amide bonds. The van der Waals surface area contributed by atoms with Gasteiger partial charge in [-0.25, -0.2) is 0 Å². The molecule has 1 rings (SSSR count). The molecule has 0 radical (unpaired) electrons. The Balaban J connectivity index is 2.71. The lowest BCUT2D eigenvalue weighted by atomic mass is 9.92. The van der Waals surface area contributed by atoms with E-state index in [1.165, 1.54) is 11.1 Å². The van der Waals surface area contributed by atoms with Crippen LogP contribution in [0, 0.1) is 12.8 Å². The summed E-state index contributed by atoms with van der Waals surface area (Å²) in [4.78, 5) is 0. The highest BCUT2D eigenvalue weighted by molar-refractivity contribution is 5.26. The normalized spacial score (nSPS) is 14.9. The molecule has 15 heavy (non-hydrogen) atoms. The first-order valence-electron chi connectivity index (χ1n) is 5.69. The molecular formula is C13H22N2. The van der Waals surface area contributed by atoms with Crippen LogP contribution in [0.3, 0.4) is 0 Å². The largest absolute Gasteiger partial charge is 0.271 e. The Morgan fingerprint density at radius 3 is 2.53 bits per heavy atom.